The number of carbonyl (C=O) groups excluding carboxylic acids is 2. The van der Waals surface area contributed by atoms with E-state index in [9.17, 15) is 9.59 Å². The molecule has 1 aromatic heterocycles. The Balaban J connectivity index is 1.83. The van der Waals surface area contributed by atoms with E-state index in [4.69, 9.17) is 4.74 Å². The highest BCUT2D eigenvalue weighted by molar-refractivity contribution is 7.17. The summed E-state index contributed by atoms with van der Waals surface area (Å²) in [6.07, 6.45) is 7.31. The number of amides is 1. The monoisotopic (exact) mass is 383 g/mol. The van der Waals surface area contributed by atoms with Crippen LogP contribution in [0.3, 0.4) is 0 Å². The molecule has 0 saturated heterocycles. The van der Waals surface area contributed by atoms with E-state index in [1.165, 1.54) is 22.3 Å². The minimum Gasteiger partial charge on any atom is -0.462 e. The second-order valence-corrected chi connectivity index (χ2v) is 7.78. The summed E-state index contributed by atoms with van der Waals surface area (Å²) in [6.45, 7) is 4.32. The lowest BCUT2D eigenvalue weighted by molar-refractivity contribution is -0.111. The molecule has 0 spiro atoms. The number of anilines is 1. The first-order valence-electron chi connectivity index (χ1n) is 9.48. The van der Waals surface area contributed by atoms with E-state index in [2.05, 4.69) is 12.2 Å². The van der Waals surface area contributed by atoms with Crippen LogP contribution in [0.2, 0.25) is 0 Å². The van der Waals surface area contributed by atoms with Crippen LogP contribution >= 0.6 is 11.3 Å². The van der Waals surface area contributed by atoms with E-state index in [-0.39, 0.29) is 11.9 Å². The average Bonchev–Trinajstić information content (AvgIpc) is 3.04. The Labute approximate surface area is 164 Å². The van der Waals surface area contributed by atoms with Gasteiger partial charge in [-0.05, 0) is 49.3 Å². The Bertz CT molecular complexity index is 839. The largest absolute Gasteiger partial charge is 0.462 e. The lowest BCUT2D eigenvalue weighted by Gasteiger charge is -2.20. The van der Waals surface area contributed by atoms with E-state index in [0.717, 1.165) is 36.8 Å². The van der Waals surface area contributed by atoms with Gasteiger partial charge in [-0.3, -0.25) is 4.79 Å². The van der Waals surface area contributed by atoms with E-state index in [0.29, 0.717) is 23.1 Å². The van der Waals surface area contributed by atoms with Crippen LogP contribution in [0.5, 0.6) is 0 Å². The van der Waals surface area contributed by atoms with Gasteiger partial charge in [0.25, 0.3) is 0 Å². The third-order valence-corrected chi connectivity index (χ3v) is 6.06. The molecule has 0 radical (unpaired) electrons. The molecule has 0 fully saturated rings. The number of benzene rings is 1. The van der Waals surface area contributed by atoms with Crippen LogP contribution in [0.25, 0.3) is 6.08 Å². The summed E-state index contributed by atoms with van der Waals surface area (Å²) in [5.74, 6) is 0.0649. The molecule has 1 heterocycles. The maximum absolute atomic E-state index is 12.5. The molecule has 1 aromatic carbocycles. The van der Waals surface area contributed by atoms with Gasteiger partial charge in [0.1, 0.15) is 5.00 Å². The summed E-state index contributed by atoms with van der Waals surface area (Å²) in [5.41, 5.74) is 2.56. The van der Waals surface area contributed by atoms with Gasteiger partial charge in [0.15, 0.2) is 0 Å². The summed E-state index contributed by atoms with van der Waals surface area (Å²) in [7, 11) is 0. The van der Waals surface area contributed by atoms with Gasteiger partial charge in [0, 0.05) is 11.0 Å². The number of nitrogens with one attached hydrogen (secondary N) is 1. The maximum atomic E-state index is 12.5. The van der Waals surface area contributed by atoms with Crippen molar-refractivity contribution >= 4 is 34.3 Å². The van der Waals surface area contributed by atoms with Crippen LogP contribution in [0.1, 0.15) is 53.1 Å². The van der Waals surface area contributed by atoms with Gasteiger partial charge < -0.3 is 10.1 Å². The van der Waals surface area contributed by atoms with Crippen molar-refractivity contribution in [3.8, 4) is 0 Å². The Morgan fingerprint density at radius 1 is 1.26 bits per heavy atom. The van der Waals surface area contributed by atoms with Gasteiger partial charge in [-0.15, -0.1) is 11.3 Å². The fraction of sp³-hybridized carbons (Fsp3) is 0.364. The SMILES string of the molecule is CCOC(=O)c1c(NC(=O)/C=C\c2ccccc2)sc2c1CC[C@H](CC)C2. The minimum atomic E-state index is -0.340. The van der Waals surface area contributed by atoms with Crippen LogP contribution in [0.4, 0.5) is 5.00 Å². The van der Waals surface area contributed by atoms with E-state index in [1.54, 1.807) is 13.0 Å². The molecular formula is C22H25NO3S. The van der Waals surface area contributed by atoms with Crippen LogP contribution in [-0.4, -0.2) is 18.5 Å². The third kappa shape index (κ3) is 4.66. The van der Waals surface area contributed by atoms with Crippen molar-refractivity contribution in [1.29, 1.82) is 0 Å². The second kappa shape index (κ2) is 9.00. The number of esters is 1. The Morgan fingerprint density at radius 2 is 2.04 bits per heavy atom. The number of fused-ring (bicyclic) bond motifs is 1. The first kappa shape index (κ1) is 19.4. The van der Waals surface area contributed by atoms with Crippen LogP contribution < -0.4 is 5.32 Å². The first-order chi connectivity index (χ1) is 13.1. The molecule has 27 heavy (non-hydrogen) atoms. The molecule has 3 rings (SSSR count). The van der Waals surface area contributed by atoms with Crippen molar-refractivity contribution in [3.05, 3.63) is 58.0 Å². The lowest BCUT2D eigenvalue weighted by Crippen LogP contribution is -2.16. The summed E-state index contributed by atoms with van der Waals surface area (Å²) < 4.78 is 5.26. The normalized spacial score (nSPS) is 16.1. The maximum Gasteiger partial charge on any atom is 0.341 e. The molecule has 5 heteroatoms. The van der Waals surface area contributed by atoms with Gasteiger partial charge in [0.05, 0.1) is 12.2 Å². The van der Waals surface area contributed by atoms with Crippen molar-refractivity contribution in [3.63, 3.8) is 0 Å². The first-order valence-corrected chi connectivity index (χ1v) is 10.3. The van der Waals surface area contributed by atoms with Crippen molar-refractivity contribution in [2.75, 3.05) is 11.9 Å². The van der Waals surface area contributed by atoms with Gasteiger partial charge in [0.2, 0.25) is 5.91 Å². The second-order valence-electron chi connectivity index (χ2n) is 6.68. The number of hydrogen-bond acceptors (Lipinski definition) is 4. The minimum absolute atomic E-state index is 0.241. The molecule has 1 aliphatic rings. The molecule has 142 valence electrons. The molecule has 1 aliphatic carbocycles. The summed E-state index contributed by atoms with van der Waals surface area (Å²) >= 11 is 1.52. The fourth-order valence-corrected chi connectivity index (χ4v) is 4.75. The van der Waals surface area contributed by atoms with E-state index < -0.39 is 0 Å². The molecule has 0 unspecified atom stereocenters. The zero-order valence-electron chi connectivity index (χ0n) is 15.8. The molecule has 0 saturated carbocycles. The number of carbonyl (C=O) groups is 2. The number of rotatable bonds is 6. The van der Waals surface area contributed by atoms with E-state index in [1.807, 2.05) is 30.3 Å². The molecule has 1 amide bonds. The Kier molecular flexibility index (Phi) is 6.45. The average molecular weight is 384 g/mol. The molecule has 2 aromatic rings. The van der Waals surface area contributed by atoms with Crippen molar-refractivity contribution in [1.82, 2.24) is 0 Å². The summed E-state index contributed by atoms with van der Waals surface area (Å²) in [4.78, 5) is 26.1. The Morgan fingerprint density at radius 3 is 2.74 bits per heavy atom. The lowest BCUT2D eigenvalue weighted by atomic mass is 9.85. The Hall–Kier alpha value is -2.40. The third-order valence-electron chi connectivity index (χ3n) is 4.89. The highest BCUT2D eigenvalue weighted by Crippen LogP contribution is 2.40. The topological polar surface area (TPSA) is 55.4 Å². The predicted octanol–water partition coefficient (Wildman–Crippen LogP) is 5.09. The van der Waals surface area contributed by atoms with Crippen molar-refractivity contribution in [2.45, 2.75) is 39.5 Å². The summed E-state index contributed by atoms with van der Waals surface area (Å²) in [5, 5.41) is 3.51. The molecule has 1 N–H and O–H groups in total. The quantitative estimate of drug-likeness (QED) is 0.558. The fourth-order valence-electron chi connectivity index (χ4n) is 3.40. The smallest absolute Gasteiger partial charge is 0.341 e. The zero-order chi connectivity index (χ0) is 19.2. The number of ether oxygens (including phenoxy) is 1. The highest BCUT2D eigenvalue weighted by Gasteiger charge is 2.29. The molecule has 0 aliphatic heterocycles. The van der Waals surface area contributed by atoms with Gasteiger partial charge in [-0.25, -0.2) is 4.79 Å². The van der Waals surface area contributed by atoms with Crippen molar-refractivity contribution < 1.29 is 14.3 Å². The highest BCUT2D eigenvalue weighted by atomic mass is 32.1. The van der Waals surface area contributed by atoms with Crippen LogP contribution in [0, 0.1) is 5.92 Å². The summed E-state index contributed by atoms with van der Waals surface area (Å²) in [6, 6.07) is 9.65. The van der Waals surface area contributed by atoms with E-state index >= 15 is 0 Å². The number of hydrogen-bond donors (Lipinski definition) is 1. The van der Waals surface area contributed by atoms with Crippen LogP contribution in [0.15, 0.2) is 36.4 Å². The molecule has 4 nitrogen and oxygen atoms in total. The zero-order valence-corrected chi connectivity index (χ0v) is 16.6. The number of thiophene rings is 1. The van der Waals surface area contributed by atoms with Gasteiger partial charge >= 0.3 is 5.97 Å². The van der Waals surface area contributed by atoms with Gasteiger partial charge in [-0.2, -0.15) is 0 Å². The van der Waals surface area contributed by atoms with Crippen molar-refractivity contribution in [2.24, 2.45) is 5.92 Å². The molecular weight excluding hydrogens is 358 g/mol. The standard InChI is InChI=1S/C22H25NO3S/c1-3-15-10-12-17-18(14-15)27-21(20(17)22(25)26-4-2)23-19(24)13-11-16-8-6-5-7-9-16/h5-9,11,13,15H,3-4,10,12,14H2,1-2H3,(H,23,24)/b13-11-/t15-/m0/s1. The van der Waals surface area contributed by atoms with Crippen LogP contribution in [-0.2, 0) is 22.4 Å². The van der Waals surface area contributed by atoms with Gasteiger partial charge in [-0.1, -0.05) is 43.7 Å². The molecule has 1 atom stereocenters. The predicted molar refractivity (Wildman–Crippen MR) is 110 cm³/mol. The molecule has 0 bridgehead atoms.